The van der Waals surface area contributed by atoms with E-state index in [2.05, 4.69) is 0 Å². The number of hydrogen-bond donors (Lipinski definition) is 4. The quantitative estimate of drug-likeness (QED) is 0.281. The maximum Gasteiger partial charge on any atom is 1.00 e. The van der Waals surface area contributed by atoms with Crippen LogP contribution in [0.15, 0.2) is 11.0 Å². The van der Waals surface area contributed by atoms with Crippen LogP contribution in [0, 0.1) is 0 Å². The van der Waals surface area contributed by atoms with E-state index in [4.69, 9.17) is 15.3 Å². The van der Waals surface area contributed by atoms with Crippen LogP contribution in [0.4, 0.5) is 0 Å². The number of rotatable bonds is 7. The second-order valence-corrected chi connectivity index (χ2v) is 5.61. The van der Waals surface area contributed by atoms with E-state index < -0.39 is 63.3 Å². The van der Waals surface area contributed by atoms with Crippen LogP contribution in [0.1, 0.15) is 31.8 Å². The summed E-state index contributed by atoms with van der Waals surface area (Å²) in [5, 5.41) is 36.3. The van der Waals surface area contributed by atoms with Gasteiger partial charge in [0, 0.05) is 13.2 Å². The fourth-order valence-electron chi connectivity index (χ4n) is 2.15. The Balaban J connectivity index is 0.00000484. The van der Waals surface area contributed by atoms with Gasteiger partial charge in [0.2, 0.25) is 0 Å². The third-order valence-corrected chi connectivity index (χ3v) is 3.84. The Bertz CT molecular complexity index is 712. The van der Waals surface area contributed by atoms with Gasteiger partial charge in [-0.3, -0.25) is 0 Å². The van der Waals surface area contributed by atoms with Gasteiger partial charge in [0.05, 0.1) is 16.0 Å². The maximum absolute atomic E-state index is 11.4. The normalized spacial score (nSPS) is 10.9. The van der Waals surface area contributed by atoms with Crippen LogP contribution in [0.5, 0.6) is 0 Å². The third-order valence-electron chi connectivity index (χ3n) is 2.94. The topological polar surface area (TPSA) is 172 Å². The molecule has 0 spiro atoms. The molecule has 9 nitrogen and oxygen atoms in total. The fourth-order valence-corrected chi connectivity index (χ4v) is 2.92. The Kier molecular flexibility index (Phi) is 8.35. The first kappa shape index (κ1) is 22.0. The number of carboxylic acids is 2. The molecule has 0 radical (unpaired) electrons. The minimum absolute atomic E-state index is 0. The molecule has 122 valence electrons. The third kappa shape index (κ3) is 4.98. The van der Waals surface area contributed by atoms with E-state index in [1.165, 1.54) is 0 Å². The van der Waals surface area contributed by atoms with Gasteiger partial charge in [0.25, 0.3) is 0 Å². The van der Waals surface area contributed by atoms with E-state index in [1.807, 2.05) is 0 Å². The molecule has 0 saturated carbocycles. The number of aromatic carboxylic acids is 2. The molecule has 0 aliphatic heterocycles. The number of carbonyl (C=O) groups is 2. The Morgan fingerprint density at radius 3 is 1.83 bits per heavy atom. The zero-order chi connectivity index (χ0) is 17.1. The summed E-state index contributed by atoms with van der Waals surface area (Å²) < 4.78 is 33.8. The molecule has 23 heavy (non-hydrogen) atoms. The van der Waals surface area contributed by atoms with Crippen LogP contribution in [0.25, 0.3) is 0 Å². The van der Waals surface area contributed by atoms with E-state index >= 15 is 0 Å². The molecule has 4 N–H and O–H groups in total. The monoisotopic (exact) mass is 356 g/mol. The zero-order valence-electron chi connectivity index (χ0n) is 12.1. The summed E-state index contributed by atoms with van der Waals surface area (Å²) in [6.45, 7) is -1.23. The molecular formula is C12H13NaO9S. The van der Waals surface area contributed by atoms with Gasteiger partial charge in [-0.2, -0.15) is 0 Å². The molecule has 0 aliphatic carbocycles. The molecule has 0 heterocycles. The Labute approximate surface area is 153 Å². The summed E-state index contributed by atoms with van der Waals surface area (Å²) in [6.07, 6.45) is -0.822. The van der Waals surface area contributed by atoms with Gasteiger partial charge in [-0.05, 0) is 30.0 Å². The SMILES string of the molecule is O=C(O)c1cc(S(=O)(=O)[O-])c(CCO)c(C(=O)O)c1CCO.[Na+]. The van der Waals surface area contributed by atoms with Gasteiger partial charge in [-0.15, -0.1) is 0 Å². The van der Waals surface area contributed by atoms with Crippen molar-refractivity contribution in [3.63, 3.8) is 0 Å². The zero-order valence-corrected chi connectivity index (χ0v) is 15.0. The van der Waals surface area contributed by atoms with E-state index in [0.717, 1.165) is 0 Å². The summed E-state index contributed by atoms with van der Waals surface area (Å²) in [4.78, 5) is 21.6. The van der Waals surface area contributed by atoms with Crippen LogP contribution in [0.3, 0.4) is 0 Å². The average Bonchev–Trinajstić information content (AvgIpc) is 2.37. The average molecular weight is 356 g/mol. The van der Waals surface area contributed by atoms with Gasteiger partial charge in [0.1, 0.15) is 10.1 Å². The van der Waals surface area contributed by atoms with Crippen molar-refractivity contribution in [3.8, 4) is 0 Å². The van der Waals surface area contributed by atoms with E-state index in [-0.39, 0.29) is 41.5 Å². The summed E-state index contributed by atoms with van der Waals surface area (Å²) in [5.74, 6) is -3.29. The Hall–Kier alpha value is -1.01. The molecule has 1 aromatic rings. The first-order chi connectivity index (χ1) is 10.1. The van der Waals surface area contributed by atoms with Crippen molar-refractivity contribution in [2.75, 3.05) is 13.2 Å². The molecule has 0 fully saturated rings. The number of carboxylic acid groups (broad SMARTS) is 2. The second-order valence-electron chi connectivity index (χ2n) is 4.27. The molecule has 1 aromatic carbocycles. The van der Waals surface area contributed by atoms with Crippen molar-refractivity contribution in [1.29, 1.82) is 0 Å². The molecule has 0 saturated heterocycles. The Morgan fingerprint density at radius 1 is 1.00 bits per heavy atom. The molecule has 1 rings (SSSR count). The number of aliphatic hydroxyl groups excluding tert-OH is 2. The largest absolute Gasteiger partial charge is 1.00 e. The summed E-state index contributed by atoms with van der Waals surface area (Å²) in [6, 6.07) is 0.563. The van der Waals surface area contributed by atoms with Crippen molar-refractivity contribution >= 4 is 22.1 Å². The van der Waals surface area contributed by atoms with Crippen molar-refractivity contribution in [3.05, 3.63) is 28.3 Å². The molecule has 0 unspecified atom stereocenters. The van der Waals surface area contributed by atoms with Gasteiger partial charge in [0.15, 0.2) is 0 Å². The molecule has 0 amide bonds. The molecule has 0 aromatic heterocycles. The van der Waals surface area contributed by atoms with E-state index in [1.54, 1.807) is 0 Å². The van der Waals surface area contributed by atoms with E-state index in [9.17, 15) is 27.7 Å². The summed E-state index contributed by atoms with van der Waals surface area (Å²) >= 11 is 0. The number of aliphatic hydroxyl groups is 2. The number of hydrogen-bond acceptors (Lipinski definition) is 7. The van der Waals surface area contributed by atoms with Crippen LogP contribution >= 0.6 is 0 Å². The summed E-state index contributed by atoms with van der Waals surface area (Å²) in [5.41, 5.74) is -2.17. The first-order valence-corrected chi connectivity index (χ1v) is 7.38. The first-order valence-electron chi connectivity index (χ1n) is 5.98. The van der Waals surface area contributed by atoms with Gasteiger partial charge in [-0.1, -0.05) is 0 Å². The van der Waals surface area contributed by atoms with Crippen LogP contribution in [-0.4, -0.2) is 58.5 Å². The van der Waals surface area contributed by atoms with Crippen LogP contribution < -0.4 is 29.6 Å². The van der Waals surface area contributed by atoms with Crippen molar-refractivity contribution in [1.82, 2.24) is 0 Å². The molecule has 11 heteroatoms. The van der Waals surface area contributed by atoms with Crippen molar-refractivity contribution in [2.45, 2.75) is 17.7 Å². The van der Waals surface area contributed by atoms with Crippen molar-refractivity contribution in [2.24, 2.45) is 0 Å². The standard InChI is InChI=1S/C12H14O9S.Na/c13-3-1-6-8(11(15)16)5-9(22(19,20)21)7(2-4-14)10(6)12(17)18;/h5,13-14H,1-4H2,(H,15,16)(H,17,18)(H,19,20,21);/q;+1/p-1. The van der Waals surface area contributed by atoms with Gasteiger partial charge >= 0.3 is 41.5 Å². The fraction of sp³-hybridized carbons (Fsp3) is 0.333. The van der Waals surface area contributed by atoms with Crippen LogP contribution in [-0.2, 0) is 23.0 Å². The minimum atomic E-state index is -5.15. The predicted molar refractivity (Wildman–Crippen MR) is 69.9 cm³/mol. The van der Waals surface area contributed by atoms with Crippen molar-refractivity contribution < 1.29 is 72.5 Å². The molecule has 0 aliphatic rings. The molecule has 0 bridgehead atoms. The second kappa shape index (κ2) is 8.73. The smallest absolute Gasteiger partial charge is 0.744 e. The maximum atomic E-state index is 11.4. The van der Waals surface area contributed by atoms with Gasteiger partial charge in [-0.25, -0.2) is 18.0 Å². The Morgan fingerprint density at radius 2 is 1.48 bits per heavy atom. The van der Waals surface area contributed by atoms with Gasteiger partial charge < -0.3 is 25.0 Å². The van der Waals surface area contributed by atoms with Crippen LogP contribution in [0.2, 0.25) is 0 Å². The minimum Gasteiger partial charge on any atom is -0.744 e. The number of benzene rings is 1. The molecular weight excluding hydrogens is 343 g/mol. The predicted octanol–water partition coefficient (Wildman–Crippen LogP) is -3.94. The summed E-state index contributed by atoms with van der Waals surface area (Å²) in [7, 11) is -5.15. The molecule has 0 atom stereocenters. The van der Waals surface area contributed by atoms with E-state index in [0.29, 0.717) is 6.07 Å².